The van der Waals surface area contributed by atoms with Crippen LogP contribution in [0.15, 0.2) is 34.1 Å². The van der Waals surface area contributed by atoms with E-state index in [9.17, 15) is 10.2 Å². The van der Waals surface area contributed by atoms with Gasteiger partial charge in [-0.05, 0) is 86.1 Å². The molecule has 0 radical (unpaired) electrons. The molecule has 0 saturated carbocycles. The second-order valence-corrected chi connectivity index (χ2v) is 13.5. The topological polar surface area (TPSA) is 40.5 Å². The molecule has 2 aromatic rings. The summed E-state index contributed by atoms with van der Waals surface area (Å²) in [7, 11) is 0. The van der Waals surface area contributed by atoms with Gasteiger partial charge in [0, 0.05) is 9.79 Å². The minimum Gasteiger partial charge on any atom is -0.508 e. The Morgan fingerprint density at radius 1 is 0.439 bits per heavy atom. The Bertz CT molecular complexity index is 890. The minimum atomic E-state index is 0.437. The van der Waals surface area contributed by atoms with Crippen molar-refractivity contribution in [1.82, 2.24) is 0 Å². The highest BCUT2D eigenvalue weighted by molar-refractivity contribution is 7.99. The van der Waals surface area contributed by atoms with E-state index in [4.69, 9.17) is 0 Å². The van der Waals surface area contributed by atoms with Crippen LogP contribution in [0.5, 0.6) is 11.5 Å². The summed E-state index contributed by atoms with van der Waals surface area (Å²) in [5.74, 6) is 0.874. The van der Waals surface area contributed by atoms with Crippen LogP contribution in [0.1, 0.15) is 165 Å². The van der Waals surface area contributed by atoms with Crippen LogP contribution in [-0.2, 0) is 12.8 Å². The second kappa shape index (κ2) is 22.0. The van der Waals surface area contributed by atoms with Crippen molar-refractivity contribution in [2.24, 2.45) is 0 Å². The van der Waals surface area contributed by atoms with Gasteiger partial charge in [0.25, 0.3) is 0 Å². The Labute approximate surface area is 258 Å². The summed E-state index contributed by atoms with van der Waals surface area (Å²) in [6.07, 6.45) is 28.4. The van der Waals surface area contributed by atoms with Crippen LogP contribution in [0, 0.1) is 13.8 Å². The monoisotopic (exact) mass is 582 g/mol. The summed E-state index contributed by atoms with van der Waals surface area (Å²) < 4.78 is 0. The number of unbranched alkanes of at least 4 members (excludes halogenated alkanes) is 18. The van der Waals surface area contributed by atoms with Crippen LogP contribution in [0.25, 0.3) is 0 Å². The molecule has 0 aliphatic heterocycles. The van der Waals surface area contributed by atoms with Crippen molar-refractivity contribution in [1.29, 1.82) is 0 Å². The predicted molar refractivity (Wildman–Crippen MR) is 181 cm³/mol. The summed E-state index contributed by atoms with van der Waals surface area (Å²) in [6.45, 7) is 8.73. The largest absolute Gasteiger partial charge is 0.508 e. The molecule has 0 fully saturated rings. The number of rotatable bonds is 24. The lowest BCUT2D eigenvalue weighted by Gasteiger charge is -2.14. The van der Waals surface area contributed by atoms with E-state index in [1.54, 1.807) is 11.8 Å². The molecule has 0 aliphatic carbocycles. The van der Waals surface area contributed by atoms with Crippen LogP contribution < -0.4 is 0 Å². The van der Waals surface area contributed by atoms with Crippen molar-refractivity contribution >= 4 is 11.8 Å². The third-order valence-corrected chi connectivity index (χ3v) is 9.89. The first-order valence-corrected chi connectivity index (χ1v) is 18.1. The highest BCUT2D eigenvalue weighted by Gasteiger charge is 2.12. The van der Waals surface area contributed by atoms with Crippen molar-refractivity contribution in [3.05, 3.63) is 46.5 Å². The van der Waals surface area contributed by atoms with Crippen LogP contribution in [0.3, 0.4) is 0 Å². The van der Waals surface area contributed by atoms with Crippen molar-refractivity contribution in [2.45, 2.75) is 179 Å². The zero-order chi connectivity index (χ0) is 29.7. The van der Waals surface area contributed by atoms with Gasteiger partial charge in [0.2, 0.25) is 0 Å². The fourth-order valence-corrected chi connectivity index (χ4v) is 6.85. The van der Waals surface area contributed by atoms with E-state index in [0.717, 1.165) is 47.9 Å². The summed E-state index contributed by atoms with van der Waals surface area (Å²) in [5.41, 5.74) is 4.37. The average molecular weight is 583 g/mol. The molecule has 0 aromatic heterocycles. The van der Waals surface area contributed by atoms with E-state index >= 15 is 0 Å². The molecular weight excluding hydrogens is 520 g/mol. The number of aromatic hydroxyl groups is 2. The molecule has 41 heavy (non-hydrogen) atoms. The van der Waals surface area contributed by atoms with Gasteiger partial charge in [-0.25, -0.2) is 0 Å². The molecule has 232 valence electrons. The fourth-order valence-electron chi connectivity index (χ4n) is 5.77. The van der Waals surface area contributed by atoms with E-state index in [1.165, 1.54) is 125 Å². The number of aryl methyl sites for hydroxylation is 4. The number of hydrogen-bond donors (Lipinski definition) is 2. The fraction of sp³-hybridized carbons (Fsp3) is 0.684. The Kier molecular flexibility index (Phi) is 19.1. The van der Waals surface area contributed by atoms with Gasteiger partial charge in [0.15, 0.2) is 0 Å². The number of hydrogen-bond acceptors (Lipinski definition) is 3. The summed E-state index contributed by atoms with van der Waals surface area (Å²) in [4.78, 5) is 2.42. The maximum absolute atomic E-state index is 10.6. The molecule has 0 heterocycles. The van der Waals surface area contributed by atoms with Crippen molar-refractivity contribution in [3.8, 4) is 11.5 Å². The van der Waals surface area contributed by atoms with Gasteiger partial charge in [0.05, 0.1) is 0 Å². The van der Waals surface area contributed by atoms with Gasteiger partial charge in [-0.2, -0.15) is 0 Å². The number of phenolic OH excluding ortho intramolecular Hbond substituents is 2. The van der Waals surface area contributed by atoms with Gasteiger partial charge in [-0.1, -0.05) is 141 Å². The van der Waals surface area contributed by atoms with Crippen molar-refractivity contribution in [2.75, 3.05) is 0 Å². The van der Waals surface area contributed by atoms with Gasteiger partial charge in [0.1, 0.15) is 11.5 Å². The molecule has 0 aliphatic rings. The van der Waals surface area contributed by atoms with E-state index in [1.807, 2.05) is 12.1 Å². The molecule has 0 saturated heterocycles. The van der Waals surface area contributed by atoms with Gasteiger partial charge < -0.3 is 10.2 Å². The maximum atomic E-state index is 10.6. The lowest BCUT2D eigenvalue weighted by molar-refractivity contribution is 0.464. The molecule has 0 unspecified atom stereocenters. The first-order valence-electron chi connectivity index (χ1n) is 17.3. The molecule has 2 nitrogen and oxygen atoms in total. The first-order chi connectivity index (χ1) is 20.0. The molecule has 0 atom stereocenters. The third-order valence-electron chi connectivity index (χ3n) is 8.57. The molecular formula is C38H62O2S. The lowest BCUT2D eigenvalue weighted by Crippen LogP contribution is -1.93. The van der Waals surface area contributed by atoms with E-state index in [-0.39, 0.29) is 0 Å². The second-order valence-electron chi connectivity index (χ2n) is 12.5. The summed E-state index contributed by atoms with van der Waals surface area (Å²) in [5, 5.41) is 21.3. The predicted octanol–water partition coefficient (Wildman–Crippen LogP) is 12.8. The molecule has 2 rings (SSSR count). The molecule has 0 bridgehead atoms. The van der Waals surface area contributed by atoms with Gasteiger partial charge in [-0.15, -0.1) is 0 Å². The minimum absolute atomic E-state index is 0.437. The highest BCUT2D eigenvalue weighted by atomic mass is 32.2. The van der Waals surface area contributed by atoms with E-state index in [2.05, 4.69) is 39.8 Å². The van der Waals surface area contributed by atoms with Gasteiger partial charge >= 0.3 is 0 Å². The summed E-state index contributed by atoms with van der Waals surface area (Å²) >= 11 is 1.78. The average Bonchev–Trinajstić information content (AvgIpc) is 2.95. The normalized spacial score (nSPS) is 11.4. The standard InChI is InChI=1S/C38H62O2S/c1-5-7-9-11-13-15-17-19-21-23-25-33-29-37(31(3)27-35(33)39)41-38-30-34(36(40)28-32(38)4)26-24-22-20-18-16-14-12-10-8-6-2/h27-30,39-40H,5-26H2,1-4H3. The lowest BCUT2D eigenvalue weighted by atomic mass is 10.0. The molecule has 2 N–H and O–H groups in total. The first kappa shape index (κ1) is 35.6. The van der Waals surface area contributed by atoms with Crippen molar-refractivity contribution < 1.29 is 10.2 Å². The Hall–Kier alpha value is -1.61. The van der Waals surface area contributed by atoms with Crippen molar-refractivity contribution in [3.63, 3.8) is 0 Å². The molecule has 2 aromatic carbocycles. The quantitative estimate of drug-likeness (QED) is 0.121. The third kappa shape index (κ3) is 14.9. The Morgan fingerprint density at radius 3 is 1.05 bits per heavy atom. The van der Waals surface area contributed by atoms with Crippen LogP contribution in [-0.4, -0.2) is 10.2 Å². The molecule has 0 amide bonds. The Balaban J connectivity index is 1.81. The molecule has 0 spiro atoms. The Morgan fingerprint density at radius 2 is 0.732 bits per heavy atom. The van der Waals surface area contributed by atoms with E-state index in [0.29, 0.717) is 11.5 Å². The van der Waals surface area contributed by atoms with Crippen LogP contribution >= 0.6 is 11.8 Å². The SMILES string of the molecule is CCCCCCCCCCCCc1cc(Sc2cc(CCCCCCCCCCCC)c(O)cc2C)c(C)cc1O. The van der Waals surface area contributed by atoms with Crippen LogP contribution in [0.2, 0.25) is 0 Å². The highest BCUT2D eigenvalue weighted by Crippen LogP contribution is 2.38. The van der Waals surface area contributed by atoms with E-state index < -0.39 is 0 Å². The smallest absolute Gasteiger partial charge is 0.119 e. The maximum Gasteiger partial charge on any atom is 0.119 e. The summed E-state index contributed by atoms with van der Waals surface area (Å²) in [6, 6.07) is 8.29. The van der Waals surface area contributed by atoms with Gasteiger partial charge in [-0.3, -0.25) is 0 Å². The zero-order valence-corrected chi connectivity index (χ0v) is 28.0. The zero-order valence-electron chi connectivity index (χ0n) is 27.2. The molecule has 3 heteroatoms. The van der Waals surface area contributed by atoms with Crippen LogP contribution in [0.4, 0.5) is 0 Å². The number of benzene rings is 2. The number of phenols is 2.